The average Bonchev–Trinajstić information content (AvgIpc) is 2.88. The van der Waals surface area contributed by atoms with Crippen LogP contribution >= 0.6 is 0 Å². The second kappa shape index (κ2) is 6.69. The zero-order valence-corrected chi connectivity index (χ0v) is 14.9. The number of nitrogens with zero attached hydrogens (tertiary/aromatic N) is 2. The van der Waals surface area contributed by atoms with Gasteiger partial charge in [0.2, 0.25) is 5.91 Å². The molecule has 3 fully saturated rings. The molecule has 2 saturated heterocycles. The molecule has 132 valence electrons. The molecule has 0 spiro atoms. The van der Waals surface area contributed by atoms with Crippen LogP contribution < -0.4 is 5.32 Å². The Morgan fingerprint density at radius 2 is 2.00 bits per heavy atom. The van der Waals surface area contributed by atoms with Gasteiger partial charge in [0.15, 0.2) is 9.84 Å². The molecule has 3 rings (SSSR count). The van der Waals surface area contributed by atoms with Crippen LogP contribution in [-0.2, 0) is 14.6 Å². The predicted molar refractivity (Wildman–Crippen MR) is 90.0 cm³/mol. The third-order valence-electron chi connectivity index (χ3n) is 5.60. The molecular formula is C16H29N3O3S. The van der Waals surface area contributed by atoms with Gasteiger partial charge in [-0.3, -0.25) is 9.69 Å². The number of amides is 1. The number of rotatable bonds is 7. The van der Waals surface area contributed by atoms with Gasteiger partial charge in [-0.05, 0) is 52.2 Å². The van der Waals surface area contributed by atoms with Crippen molar-refractivity contribution in [2.24, 2.45) is 5.41 Å². The van der Waals surface area contributed by atoms with Gasteiger partial charge in [-0.15, -0.1) is 0 Å². The van der Waals surface area contributed by atoms with Crippen LogP contribution in [0, 0.1) is 5.41 Å². The molecule has 1 saturated carbocycles. The van der Waals surface area contributed by atoms with Crippen LogP contribution in [0.3, 0.4) is 0 Å². The van der Waals surface area contributed by atoms with Crippen molar-refractivity contribution in [3.05, 3.63) is 0 Å². The Balaban J connectivity index is 1.39. The lowest BCUT2D eigenvalue weighted by Gasteiger charge is -2.25. The lowest BCUT2D eigenvalue weighted by molar-refractivity contribution is -0.122. The molecule has 7 heteroatoms. The van der Waals surface area contributed by atoms with E-state index >= 15 is 0 Å². The Morgan fingerprint density at radius 1 is 1.30 bits per heavy atom. The van der Waals surface area contributed by atoms with E-state index in [0.29, 0.717) is 18.4 Å². The Bertz CT molecular complexity index is 539. The van der Waals surface area contributed by atoms with E-state index in [0.717, 1.165) is 13.1 Å². The van der Waals surface area contributed by atoms with Crippen LogP contribution in [0.2, 0.25) is 0 Å². The highest BCUT2D eigenvalue weighted by atomic mass is 32.2. The fourth-order valence-corrected chi connectivity index (χ4v) is 5.61. The number of nitrogens with one attached hydrogen (secondary N) is 1. The smallest absolute Gasteiger partial charge is 0.234 e. The number of hydrogen-bond donors (Lipinski definition) is 1. The number of carbonyl (C=O) groups excluding carboxylic acids is 1. The summed E-state index contributed by atoms with van der Waals surface area (Å²) in [4.78, 5) is 16.6. The molecule has 0 aromatic rings. The first-order valence-electron chi connectivity index (χ1n) is 8.77. The summed E-state index contributed by atoms with van der Waals surface area (Å²) in [7, 11) is -1.04. The highest BCUT2D eigenvalue weighted by Crippen LogP contribution is 2.46. The van der Waals surface area contributed by atoms with Crippen LogP contribution in [0.1, 0.15) is 32.1 Å². The number of sulfone groups is 1. The first kappa shape index (κ1) is 17.2. The topological polar surface area (TPSA) is 69.7 Å². The van der Waals surface area contributed by atoms with E-state index < -0.39 is 9.84 Å². The second-order valence-corrected chi connectivity index (χ2v) is 9.96. The fraction of sp³-hybridized carbons (Fsp3) is 0.938. The second-order valence-electron chi connectivity index (χ2n) is 7.73. The largest absolute Gasteiger partial charge is 0.354 e. The molecule has 23 heavy (non-hydrogen) atoms. The van der Waals surface area contributed by atoms with Crippen molar-refractivity contribution in [2.75, 3.05) is 51.3 Å². The van der Waals surface area contributed by atoms with Gasteiger partial charge in [-0.2, -0.15) is 0 Å². The summed E-state index contributed by atoms with van der Waals surface area (Å²) in [5.74, 6) is 0.461. The maximum atomic E-state index is 12.2. The van der Waals surface area contributed by atoms with Crippen LogP contribution in [0.5, 0.6) is 0 Å². The molecule has 0 radical (unpaired) electrons. The van der Waals surface area contributed by atoms with Gasteiger partial charge >= 0.3 is 0 Å². The Morgan fingerprint density at radius 3 is 2.57 bits per heavy atom. The van der Waals surface area contributed by atoms with Crippen molar-refractivity contribution in [1.82, 2.24) is 15.1 Å². The molecule has 3 aliphatic rings. The highest BCUT2D eigenvalue weighted by Gasteiger charge is 2.44. The Hall–Kier alpha value is -0.660. The third-order valence-corrected chi connectivity index (χ3v) is 7.35. The van der Waals surface area contributed by atoms with Crippen molar-refractivity contribution in [1.29, 1.82) is 0 Å². The standard InChI is InChI=1S/C16H29N3O3S/c1-18(14-4-9-23(21,22)11-14)10-15(20)17-12-16(5-6-16)13-19-7-2-3-8-19/h14H,2-13H2,1H3,(H,17,20)/t14-/m1/s1. The zero-order valence-electron chi connectivity index (χ0n) is 14.1. The molecule has 2 aliphatic heterocycles. The maximum absolute atomic E-state index is 12.2. The van der Waals surface area contributed by atoms with E-state index in [1.165, 1.54) is 38.8 Å². The fourth-order valence-electron chi connectivity index (χ4n) is 3.80. The summed E-state index contributed by atoms with van der Waals surface area (Å²) in [6.45, 7) is 4.58. The number of likely N-dealkylation sites (N-methyl/N-ethyl adjacent to an activating group) is 1. The molecule has 1 atom stereocenters. The summed E-state index contributed by atoms with van der Waals surface area (Å²) in [6, 6.07) is -0.00904. The van der Waals surface area contributed by atoms with Crippen LogP contribution in [0.4, 0.5) is 0 Å². The molecule has 0 aromatic heterocycles. The SMILES string of the molecule is CN(CC(=O)NCC1(CN2CCCC2)CC1)[C@@H]1CCS(=O)(=O)C1. The summed E-state index contributed by atoms with van der Waals surface area (Å²) >= 11 is 0. The van der Waals surface area contributed by atoms with E-state index in [4.69, 9.17) is 0 Å². The van der Waals surface area contributed by atoms with Crippen molar-refractivity contribution in [2.45, 2.75) is 38.1 Å². The van der Waals surface area contributed by atoms with Gasteiger partial charge < -0.3 is 10.2 Å². The Labute approximate surface area is 139 Å². The van der Waals surface area contributed by atoms with Crippen LogP contribution in [0.15, 0.2) is 0 Å². The molecule has 6 nitrogen and oxygen atoms in total. The normalized spacial score (nSPS) is 29.0. The van der Waals surface area contributed by atoms with Gasteiger partial charge in [0, 0.05) is 24.5 Å². The monoisotopic (exact) mass is 343 g/mol. The summed E-state index contributed by atoms with van der Waals surface area (Å²) in [5, 5.41) is 3.08. The minimum atomic E-state index is -2.89. The van der Waals surface area contributed by atoms with Gasteiger partial charge in [0.05, 0.1) is 18.1 Å². The lowest BCUT2D eigenvalue weighted by atomic mass is 10.1. The number of carbonyl (C=O) groups is 1. The van der Waals surface area contributed by atoms with Crippen molar-refractivity contribution in [3.8, 4) is 0 Å². The van der Waals surface area contributed by atoms with Crippen LogP contribution in [0.25, 0.3) is 0 Å². The molecule has 0 bridgehead atoms. The van der Waals surface area contributed by atoms with E-state index in [2.05, 4.69) is 10.2 Å². The van der Waals surface area contributed by atoms with E-state index in [-0.39, 0.29) is 23.5 Å². The molecule has 2 heterocycles. The van der Waals surface area contributed by atoms with E-state index in [1.54, 1.807) is 0 Å². The number of hydrogen-bond acceptors (Lipinski definition) is 5. The van der Waals surface area contributed by atoms with E-state index in [9.17, 15) is 13.2 Å². The molecule has 1 amide bonds. The van der Waals surface area contributed by atoms with Gasteiger partial charge in [0.1, 0.15) is 0 Å². The Kier molecular flexibility index (Phi) is 4.99. The maximum Gasteiger partial charge on any atom is 0.234 e. The zero-order chi connectivity index (χ0) is 16.5. The molecule has 0 aromatic carbocycles. The predicted octanol–water partition coefficient (Wildman–Crippen LogP) is 0.0975. The summed E-state index contributed by atoms with van der Waals surface area (Å²) in [6.07, 6.45) is 5.67. The van der Waals surface area contributed by atoms with Gasteiger partial charge in [-0.25, -0.2) is 8.42 Å². The van der Waals surface area contributed by atoms with Gasteiger partial charge in [0.25, 0.3) is 0 Å². The lowest BCUT2D eigenvalue weighted by Crippen LogP contribution is -2.44. The van der Waals surface area contributed by atoms with Gasteiger partial charge in [-0.1, -0.05) is 0 Å². The molecule has 1 aliphatic carbocycles. The van der Waals surface area contributed by atoms with Crippen molar-refractivity contribution in [3.63, 3.8) is 0 Å². The summed E-state index contributed by atoms with van der Waals surface area (Å²) < 4.78 is 23.1. The molecule has 0 unspecified atom stereocenters. The first-order valence-corrected chi connectivity index (χ1v) is 10.6. The quantitative estimate of drug-likeness (QED) is 0.710. The summed E-state index contributed by atoms with van der Waals surface area (Å²) in [5.41, 5.74) is 0.301. The molecular weight excluding hydrogens is 314 g/mol. The molecule has 1 N–H and O–H groups in total. The minimum Gasteiger partial charge on any atom is -0.354 e. The highest BCUT2D eigenvalue weighted by molar-refractivity contribution is 7.91. The average molecular weight is 343 g/mol. The van der Waals surface area contributed by atoms with Crippen molar-refractivity contribution < 1.29 is 13.2 Å². The minimum absolute atomic E-state index is 0.00904. The van der Waals surface area contributed by atoms with Crippen LogP contribution in [-0.4, -0.2) is 81.4 Å². The first-order chi connectivity index (χ1) is 10.9. The van der Waals surface area contributed by atoms with Crippen molar-refractivity contribution >= 4 is 15.7 Å². The third kappa shape index (κ3) is 4.67. The number of likely N-dealkylation sites (tertiary alicyclic amines) is 1. The van der Waals surface area contributed by atoms with E-state index in [1.807, 2.05) is 11.9 Å².